The number of amides is 5. The number of hydrogen-bond acceptors (Lipinski definition) is 7. The minimum Gasteiger partial charge on any atom is -0.347 e. The van der Waals surface area contributed by atoms with Gasteiger partial charge < -0.3 is 26.2 Å². The number of fused-ring (bicyclic) bond motifs is 1. The van der Waals surface area contributed by atoms with Gasteiger partial charge >= 0.3 is 6.03 Å². The molecule has 4 N–H and O–H groups in total. The molecule has 0 aromatic carbocycles. The van der Waals surface area contributed by atoms with Gasteiger partial charge in [-0.1, -0.05) is 67.2 Å². The number of carbonyl (C=O) groups is 5. The van der Waals surface area contributed by atoms with E-state index in [1.807, 2.05) is 41.5 Å². The zero-order valence-electron chi connectivity index (χ0n) is 31.5. The summed E-state index contributed by atoms with van der Waals surface area (Å²) in [4.78, 5) is 70.1. The van der Waals surface area contributed by atoms with Crippen LogP contribution >= 0.6 is 0 Å². The summed E-state index contributed by atoms with van der Waals surface area (Å²) < 4.78 is 27.8. The highest BCUT2D eigenvalue weighted by Gasteiger charge is 2.52. The summed E-state index contributed by atoms with van der Waals surface area (Å²) in [5.74, 6) is -1.85. The fourth-order valence-corrected chi connectivity index (χ4v) is 8.27. The van der Waals surface area contributed by atoms with E-state index in [0.29, 0.717) is 13.0 Å². The predicted molar refractivity (Wildman–Crippen MR) is 190 cm³/mol. The van der Waals surface area contributed by atoms with E-state index in [9.17, 15) is 32.4 Å². The molecule has 0 aromatic rings. The minimum absolute atomic E-state index is 0.00270. The number of likely N-dealkylation sites (N-methyl/N-ethyl adjacent to an activating group) is 1. The Kier molecular flexibility index (Phi) is 12.4. The van der Waals surface area contributed by atoms with Gasteiger partial charge in [-0.15, -0.1) is 0 Å². The summed E-state index contributed by atoms with van der Waals surface area (Å²) in [5.41, 5.74) is -1.29. The molecule has 1 unspecified atom stereocenters. The molecule has 50 heavy (non-hydrogen) atoms. The second-order valence-corrected chi connectivity index (χ2v) is 19.7. The number of rotatable bonds is 14. The Morgan fingerprint density at radius 2 is 1.44 bits per heavy atom. The number of hydrogen-bond donors (Lipinski definition) is 4. The molecule has 1 heterocycles. The van der Waals surface area contributed by atoms with E-state index in [1.165, 1.54) is 25.4 Å². The van der Waals surface area contributed by atoms with E-state index >= 15 is 0 Å². The SMILES string of the molecule is CN(C)S(=O)(=O)N(C)C[C@@H](NC(=O)N[C@H](C(=O)N1C[C@@H]2CCC[C@@H]2[C@H]1C(=O)NC(CC1CCC1)C(=O)C(=O)NC1CC1)C(C)(C)C)C(C)(C)C. The Morgan fingerprint density at radius 3 is 1.96 bits per heavy atom. The first-order chi connectivity index (χ1) is 23.1. The molecule has 0 bridgehead atoms. The van der Waals surface area contributed by atoms with Gasteiger partial charge in [-0.05, 0) is 60.7 Å². The van der Waals surface area contributed by atoms with Crippen molar-refractivity contribution >= 4 is 39.7 Å². The van der Waals surface area contributed by atoms with Crippen molar-refractivity contribution < 1.29 is 32.4 Å². The lowest BCUT2D eigenvalue weighted by molar-refractivity contribution is -0.144. The summed E-state index contributed by atoms with van der Waals surface area (Å²) in [6, 6.07) is -4.03. The van der Waals surface area contributed by atoms with Crippen LogP contribution < -0.4 is 21.3 Å². The topological polar surface area (TPSA) is 177 Å². The highest BCUT2D eigenvalue weighted by atomic mass is 32.2. The fraction of sp³-hybridized carbons (Fsp3) is 0.857. The summed E-state index contributed by atoms with van der Waals surface area (Å²) >= 11 is 0. The molecule has 0 radical (unpaired) electrons. The van der Waals surface area contributed by atoms with Gasteiger partial charge in [0.1, 0.15) is 12.1 Å². The molecule has 6 atom stereocenters. The van der Waals surface area contributed by atoms with Crippen LogP contribution in [-0.4, -0.2) is 116 Å². The lowest BCUT2D eigenvalue weighted by atomic mass is 9.80. The predicted octanol–water partition coefficient (Wildman–Crippen LogP) is 2.00. The molecule has 1 saturated heterocycles. The Hall–Kier alpha value is -2.78. The van der Waals surface area contributed by atoms with Crippen molar-refractivity contribution in [2.75, 3.05) is 34.2 Å². The van der Waals surface area contributed by atoms with Crippen molar-refractivity contribution in [3.63, 3.8) is 0 Å². The minimum atomic E-state index is -3.73. The van der Waals surface area contributed by atoms with Crippen LogP contribution in [0, 0.1) is 28.6 Å². The van der Waals surface area contributed by atoms with Crippen LogP contribution in [0.2, 0.25) is 0 Å². The smallest absolute Gasteiger partial charge is 0.315 e. The van der Waals surface area contributed by atoms with E-state index in [-0.39, 0.29) is 30.3 Å². The van der Waals surface area contributed by atoms with Crippen LogP contribution in [0.4, 0.5) is 4.79 Å². The molecule has 3 aliphatic carbocycles. The highest BCUT2D eigenvalue weighted by molar-refractivity contribution is 7.86. The average molecular weight is 724 g/mol. The average Bonchev–Trinajstić information content (AvgIpc) is 3.54. The van der Waals surface area contributed by atoms with E-state index in [4.69, 9.17) is 0 Å². The van der Waals surface area contributed by atoms with E-state index in [1.54, 1.807) is 4.90 Å². The number of ketones is 1. The molecule has 5 amide bonds. The maximum Gasteiger partial charge on any atom is 0.315 e. The van der Waals surface area contributed by atoms with Gasteiger partial charge in [-0.3, -0.25) is 19.2 Å². The standard InChI is InChI=1S/C35H61N7O7S/c1-34(2,3)26(20-41(9)50(48,49)40(7)8)38-33(47)39-29(35(4,5)6)32(46)42-19-22-14-11-15-24(22)27(42)30(44)37-25(18-21-12-10-13-21)28(43)31(45)36-23-16-17-23/h21-27,29H,10-20H2,1-9H3,(H,36,45)(H,37,44)(H2,38,39,47)/t22-,24-,25?,26+,27-,29+/m0/s1. The number of likely N-dealkylation sites (tertiary alicyclic amines) is 1. The first-order valence-electron chi connectivity index (χ1n) is 18.3. The number of carbonyl (C=O) groups excluding carboxylic acids is 5. The quantitative estimate of drug-likeness (QED) is 0.198. The molecule has 4 aliphatic rings. The van der Waals surface area contributed by atoms with Gasteiger partial charge in [-0.25, -0.2) is 4.79 Å². The Bertz CT molecular complexity index is 1400. The van der Waals surface area contributed by atoms with Crippen molar-refractivity contribution in [2.24, 2.45) is 28.6 Å². The number of nitrogens with one attached hydrogen (secondary N) is 4. The molecule has 0 spiro atoms. The van der Waals surface area contributed by atoms with Gasteiger partial charge in [-0.2, -0.15) is 17.0 Å². The zero-order chi connectivity index (χ0) is 37.3. The lowest BCUT2D eigenvalue weighted by Gasteiger charge is -2.38. The highest BCUT2D eigenvalue weighted by Crippen LogP contribution is 2.43. The van der Waals surface area contributed by atoms with Gasteiger partial charge in [0.2, 0.25) is 17.6 Å². The first-order valence-corrected chi connectivity index (χ1v) is 19.7. The fourth-order valence-electron chi connectivity index (χ4n) is 7.37. The van der Waals surface area contributed by atoms with E-state index in [0.717, 1.165) is 55.7 Å². The Morgan fingerprint density at radius 1 is 0.820 bits per heavy atom. The molecule has 15 heteroatoms. The third-order valence-electron chi connectivity index (χ3n) is 11.0. The van der Waals surface area contributed by atoms with E-state index in [2.05, 4.69) is 21.3 Å². The van der Waals surface area contributed by atoms with Crippen LogP contribution in [0.25, 0.3) is 0 Å². The maximum absolute atomic E-state index is 14.5. The Labute approximate surface area is 298 Å². The van der Waals surface area contributed by atoms with E-state index < -0.39 is 74.7 Å². The van der Waals surface area contributed by atoms with Crippen molar-refractivity contribution in [3.05, 3.63) is 0 Å². The lowest BCUT2D eigenvalue weighted by Crippen LogP contribution is -2.62. The van der Waals surface area contributed by atoms with Crippen LogP contribution in [0.15, 0.2) is 0 Å². The summed E-state index contributed by atoms with van der Waals surface area (Å²) in [7, 11) is 0.599. The molecule has 284 valence electrons. The molecular weight excluding hydrogens is 662 g/mol. The number of urea groups is 1. The van der Waals surface area contributed by atoms with Crippen LogP contribution in [0.5, 0.6) is 0 Å². The third-order valence-corrected chi connectivity index (χ3v) is 12.9. The van der Waals surface area contributed by atoms with Crippen molar-refractivity contribution in [2.45, 2.75) is 130 Å². The zero-order valence-corrected chi connectivity index (χ0v) is 32.3. The van der Waals surface area contributed by atoms with Crippen molar-refractivity contribution in [1.82, 2.24) is 34.8 Å². The van der Waals surface area contributed by atoms with Crippen molar-refractivity contribution in [1.29, 1.82) is 0 Å². The van der Waals surface area contributed by atoms with Gasteiger partial charge in [0.15, 0.2) is 0 Å². The Balaban J connectivity index is 1.53. The number of nitrogens with zero attached hydrogens (tertiary/aromatic N) is 3. The second-order valence-electron chi connectivity index (χ2n) is 17.4. The largest absolute Gasteiger partial charge is 0.347 e. The van der Waals surface area contributed by atoms with Crippen molar-refractivity contribution in [3.8, 4) is 0 Å². The normalized spacial score (nSPS) is 24.6. The summed E-state index contributed by atoms with van der Waals surface area (Å²) in [6.45, 7) is 11.6. The molecule has 4 fully saturated rings. The number of Topliss-reactive ketones (excluding diaryl/α,β-unsaturated/α-hetero) is 1. The molecular formula is C35H61N7O7S. The van der Waals surface area contributed by atoms with Crippen LogP contribution in [-0.2, 0) is 29.4 Å². The molecule has 3 saturated carbocycles. The van der Waals surface area contributed by atoms with Gasteiger partial charge in [0.25, 0.3) is 16.1 Å². The molecule has 14 nitrogen and oxygen atoms in total. The van der Waals surface area contributed by atoms with Gasteiger partial charge in [0.05, 0.1) is 6.04 Å². The van der Waals surface area contributed by atoms with Crippen LogP contribution in [0.3, 0.4) is 0 Å². The summed E-state index contributed by atoms with van der Waals surface area (Å²) in [6.07, 6.45) is 7.59. The molecule has 1 aliphatic heterocycles. The molecule has 0 aromatic heterocycles. The van der Waals surface area contributed by atoms with Crippen LogP contribution in [0.1, 0.15) is 99.3 Å². The molecule has 4 rings (SSSR count). The summed E-state index contributed by atoms with van der Waals surface area (Å²) in [5, 5.41) is 11.5. The second kappa shape index (κ2) is 15.4. The third kappa shape index (κ3) is 9.55. The maximum atomic E-state index is 14.5. The first kappa shape index (κ1) is 40.0. The monoisotopic (exact) mass is 723 g/mol. The van der Waals surface area contributed by atoms with Gasteiger partial charge in [0, 0.05) is 46.3 Å².